The second-order valence-corrected chi connectivity index (χ2v) is 3.84. The molecule has 0 saturated heterocycles. The van der Waals surface area contributed by atoms with Gasteiger partial charge in [0.25, 0.3) is 5.56 Å². The molecule has 0 aliphatic heterocycles. The third-order valence-corrected chi connectivity index (χ3v) is 2.62. The van der Waals surface area contributed by atoms with E-state index < -0.39 is 0 Å². The Balaban J connectivity index is 2.95. The molecule has 0 aliphatic carbocycles. The van der Waals surface area contributed by atoms with Crippen molar-refractivity contribution in [3.05, 3.63) is 32.7 Å². The van der Waals surface area contributed by atoms with Crippen molar-refractivity contribution in [2.45, 2.75) is 12.8 Å². The molecule has 1 aromatic rings. The number of aromatic nitrogens is 1. The smallest absolute Gasteiger partial charge is 0.250 e. The first-order chi connectivity index (χ1) is 6.15. The molecule has 1 aromatic heterocycles. The van der Waals surface area contributed by atoms with Crippen LogP contribution in [0.5, 0.6) is 0 Å². The fourth-order valence-corrected chi connectivity index (χ4v) is 1.74. The third kappa shape index (κ3) is 2.67. The SMILES string of the molecule is Cn1cc(Br)c(CCCN)cc1=O. The Labute approximate surface area is 85.7 Å². The highest BCUT2D eigenvalue weighted by molar-refractivity contribution is 9.10. The second-order valence-electron chi connectivity index (χ2n) is 2.99. The van der Waals surface area contributed by atoms with Crippen molar-refractivity contribution in [1.82, 2.24) is 4.57 Å². The van der Waals surface area contributed by atoms with Crippen LogP contribution < -0.4 is 11.3 Å². The number of aryl methyl sites for hydroxylation is 2. The lowest BCUT2D eigenvalue weighted by Gasteiger charge is -2.04. The van der Waals surface area contributed by atoms with Gasteiger partial charge in [0.15, 0.2) is 0 Å². The van der Waals surface area contributed by atoms with E-state index in [1.807, 2.05) is 0 Å². The Morgan fingerprint density at radius 1 is 1.62 bits per heavy atom. The maximum atomic E-state index is 11.3. The van der Waals surface area contributed by atoms with E-state index in [0.29, 0.717) is 6.54 Å². The van der Waals surface area contributed by atoms with Gasteiger partial charge in [-0.05, 0) is 40.9 Å². The molecule has 2 N–H and O–H groups in total. The van der Waals surface area contributed by atoms with Crippen molar-refractivity contribution >= 4 is 15.9 Å². The third-order valence-electron chi connectivity index (χ3n) is 1.91. The molecule has 1 rings (SSSR count). The zero-order valence-corrected chi connectivity index (χ0v) is 9.17. The van der Waals surface area contributed by atoms with Crippen LogP contribution in [-0.4, -0.2) is 11.1 Å². The van der Waals surface area contributed by atoms with Crippen molar-refractivity contribution in [2.24, 2.45) is 12.8 Å². The van der Waals surface area contributed by atoms with E-state index in [9.17, 15) is 4.79 Å². The minimum atomic E-state index is 0.0234. The van der Waals surface area contributed by atoms with Gasteiger partial charge < -0.3 is 10.3 Å². The maximum absolute atomic E-state index is 11.3. The predicted octanol–water partition coefficient (Wildman–Crippen LogP) is 1.04. The van der Waals surface area contributed by atoms with Crippen LogP contribution in [0, 0.1) is 0 Å². The van der Waals surface area contributed by atoms with Crippen molar-refractivity contribution in [3.8, 4) is 0 Å². The van der Waals surface area contributed by atoms with E-state index in [1.165, 1.54) is 0 Å². The maximum Gasteiger partial charge on any atom is 0.250 e. The molecular weight excluding hydrogens is 232 g/mol. The van der Waals surface area contributed by atoms with Crippen LogP contribution in [0.3, 0.4) is 0 Å². The molecule has 0 atom stereocenters. The predicted molar refractivity (Wildman–Crippen MR) is 56.8 cm³/mol. The van der Waals surface area contributed by atoms with Gasteiger partial charge in [0, 0.05) is 23.8 Å². The number of pyridine rings is 1. The van der Waals surface area contributed by atoms with Gasteiger partial charge >= 0.3 is 0 Å². The summed E-state index contributed by atoms with van der Waals surface area (Å²) in [5, 5.41) is 0. The minimum absolute atomic E-state index is 0.0234. The molecule has 3 nitrogen and oxygen atoms in total. The Morgan fingerprint density at radius 3 is 2.92 bits per heavy atom. The number of rotatable bonds is 3. The molecule has 0 fully saturated rings. The van der Waals surface area contributed by atoms with Gasteiger partial charge in [-0.3, -0.25) is 4.79 Å². The van der Waals surface area contributed by atoms with E-state index in [0.717, 1.165) is 22.9 Å². The van der Waals surface area contributed by atoms with E-state index in [-0.39, 0.29) is 5.56 Å². The fraction of sp³-hybridized carbons (Fsp3) is 0.444. The molecule has 0 aromatic carbocycles. The highest BCUT2D eigenvalue weighted by Crippen LogP contribution is 2.14. The van der Waals surface area contributed by atoms with Gasteiger partial charge in [0.05, 0.1) is 0 Å². The summed E-state index contributed by atoms with van der Waals surface area (Å²) in [6.45, 7) is 0.654. The van der Waals surface area contributed by atoms with Gasteiger partial charge in [-0.25, -0.2) is 0 Å². The van der Waals surface area contributed by atoms with Crippen molar-refractivity contribution in [2.75, 3.05) is 6.54 Å². The summed E-state index contributed by atoms with van der Waals surface area (Å²) >= 11 is 3.41. The van der Waals surface area contributed by atoms with E-state index in [4.69, 9.17) is 5.73 Å². The Kier molecular flexibility index (Phi) is 3.69. The number of halogens is 1. The van der Waals surface area contributed by atoms with Crippen LogP contribution in [0.4, 0.5) is 0 Å². The lowest BCUT2D eigenvalue weighted by molar-refractivity contribution is 0.802. The highest BCUT2D eigenvalue weighted by atomic mass is 79.9. The van der Waals surface area contributed by atoms with Crippen molar-refractivity contribution in [3.63, 3.8) is 0 Å². The number of nitrogens with two attached hydrogens (primary N) is 1. The van der Waals surface area contributed by atoms with Crippen molar-refractivity contribution < 1.29 is 0 Å². The summed E-state index contributed by atoms with van der Waals surface area (Å²) in [5.74, 6) is 0. The first-order valence-electron chi connectivity index (χ1n) is 4.20. The molecular formula is C9H13BrN2O. The minimum Gasteiger partial charge on any atom is -0.330 e. The first kappa shape index (κ1) is 10.5. The lowest BCUT2D eigenvalue weighted by Crippen LogP contribution is -2.16. The van der Waals surface area contributed by atoms with Crippen molar-refractivity contribution in [1.29, 1.82) is 0 Å². The summed E-state index contributed by atoms with van der Waals surface area (Å²) in [7, 11) is 1.74. The molecule has 1 heterocycles. The molecule has 0 unspecified atom stereocenters. The average molecular weight is 245 g/mol. The highest BCUT2D eigenvalue weighted by Gasteiger charge is 2.01. The Hall–Kier alpha value is -0.610. The fourth-order valence-electron chi connectivity index (χ4n) is 1.12. The molecule has 0 radical (unpaired) electrons. The van der Waals surface area contributed by atoms with E-state index in [2.05, 4.69) is 15.9 Å². The number of nitrogens with zero attached hydrogens (tertiary/aromatic N) is 1. The molecule has 13 heavy (non-hydrogen) atoms. The zero-order chi connectivity index (χ0) is 9.84. The Morgan fingerprint density at radius 2 is 2.31 bits per heavy atom. The second kappa shape index (κ2) is 4.58. The van der Waals surface area contributed by atoms with Crippen LogP contribution in [0.1, 0.15) is 12.0 Å². The summed E-state index contributed by atoms with van der Waals surface area (Å²) in [6, 6.07) is 1.65. The molecule has 0 bridgehead atoms. The summed E-state index contributed by atoms with van der Waals surface area (Å²) in [6.07, 6.45) is 3.55. The van der Waals surface area contributed by atoms with Crippen LogP contribution in [0.25, 0.3) is 0 Å². The zero-order valence-electron chi connectivity index (χ0n) is 7.59. The molecule has 0 saturated carbocycles. The van der Waals surface area contributed by atoms with Gasteiger partial charge in [-0.15, -0.1) is 0 Å². The quantitative estimate of drug-likeness (QED) is 0.864. The normalized spacial score (nSPS) is 10.4. The van der Waals surface area contributed by atoms with Crippen LogP contribution in [0.2, 0.25) is 0 Å². The van der Waals surface area contributed by atoms with E-state index in [1.54, 1.807) is 23.9 Å². The van der Waals surface area contributed by atoms with Gasteiger partial charge in [0.2, 0.25) is 0 Å². The standard InChI is InChI=1S/C9H13BrN2O/c1-12-6-8(10)7(3-2-4-11)5-9(12)13/h5-6H,2-4,11H2,1H3. The van der Waals surface area contributed by atoms with E-state index >= 15 is 0 Å². The lowest BCUT2D eigenvalue weighted by atomic mass is 10.1. The number of hydrogen-bond acceptors (Lipinski definition) is 2. The van der Waals surface area contributed by atoms with Gasteiger partial charge in [-0.1, -0.05) is 0 Å². The molecule has 4 heteroatoms. The summed E-state index contributed by atoms with van der Waals surface area (Å²) in [5.41, 5.74) is 6.45. The molecule has 0 amide bonds. The monoisotopic (exact) mass is 244 g/mol. The summed E-state index contributed by atoms with van der Waals surface area (Å²) in [4.78, 5) is 11.3. The first-order valence-corrected chi connectivity index (χ1v) is 4.99. The van der Waals surface area contributed by atoms with Gasteiger partial charge in [-0.2, -0.15) is 0 Å². The summed E-state index contributed by atoms with van der Waals surface area (Å²) < 4.78 is 2.53. The molecule has 72 valence electrons. The van der Waals surface area contributed by atoms with Crippen LogP contribution in [0.15, 0.2) is 21.5 Å². The largest absolute Gasteiger partial charge is 0.330 e. The van der Waals surface area contributed by atoms with Crippen LogP contribution in [-0.2, 0) is 13.5 Å². The molecule has 0 aliphatic rings. The topological polar surface area (TPSA) is 48.0 Å². The van der Waals surface area contributed by atoms with Crippen LogP contribution >= 0.6 is 15.9 Å². The molecule has 0 spiro atoms. The number of hydrogen-bond donors (Lipinski definition) is 1. The average Bonchev–Trinajstić information content (AvgIpc) is 2.09. The van der Waals surface area contributed by atoms with Gasteiger partial charge in [0.1, 0.15) is 0 Å². The Bertz CT molecular complexity index is 346.